The number of likely N-dealkylation sites (tertiary alicyclic amines) is 1. The fourth-order valence-electron chi connectivity index (χ4n) is 2.50. The van der Waals surface area contributed by atoms with E-state index in [1.54, 1.807) is 17.0 Å². The number of carbonyl (C=O) groups is 2. The second-order valence-electron chi connectivity index (χ2n) is 5.41. The number of carbonyl (C=O) groups excluding carboxylic acids is 2. The monoisotopic (exact) mass is 286 g/mol. The maximum absolute atomic E-state index is 12.4. The molecular weight excluding hydrogens is 268 g/mol. The molecule has 1 aliphatic rings. The maximum atomic E-state index is 12.4. The predicted molar refractivity (Wildman–Crippen MR) is 77.2 cm³/mol. The van der Waals surface area contributed by atoms with Gasteiger partial charge in [0.1, 0.15) is 17.9 Å². The third-order valence-electron chi connectivity index (χ3n) is 3.49. The first-order chi connectivity index (χ1) is 10.0. The van der Waals surface area contributed by atoms with Gasteiger partial charge in [0.05, 0.1) is 5.56 Å². The molecule has 2 amide bonds. The van der Waals surface area contributed by atoms with E-state index < -0.39 is 6.04 Å². The lowest BCUT2D eigenvalue weighted by atomic mass is 10.0. The van der Waals surface area contributed by atoms with E-state index in [1.807, 2.05) is 19.9 Å². The van der Waals surface area contributed by atoms with Crippen LogP contribution in [0, 0.1) is 17.2 Å². The lowest BCUT2D eigenvalue weighted by Crippen LogP contribution is -2.48. The van der Waals surface area contributed by atoms with Crippen molar-refractivity contribution in [3.8, 4) is 6.07 Å². The maximum Gasteiger partial charge on any atom is 0.248 e. The van der Waals surface area contributed by atoms with Gasteiger partial charge in [0, 0.05) is 19.2 Å². The van der Waals surface area contributed by atoms with Gasteiger partial charge in [0.25, 0.3) is 0 Å². The van der Waals surface area contributed by atoms with Crippen molar-refractivity contribution in [2.45, 2.75) is 32.7 Å². The normalized spacial score (nSPS) is 15.9. The SMILES string of the molecule is CC(C)[C@@H](C(=O)Nc1ccc(C#N)cn1)N1CCCC1=O. The number of hydrogen-bond donors (Lipinski definition) is 1. The molecule has 0 aliphatic carbocycles. The van der Waals surface area contributed by atoms with E-state index >= 15 is 0 Å². The summed E-state index contributed by atoms with van der Waals surface area (Å²) in [6.07, 6.45) is 2.71. The smallest absolute Gasteiger partial charge is 0.248 e. The summed E-state index contributed by atoms with van der Waals surface area (Å²) < 4.78 is 0. The molecule has 1 fully saturated rings. The van der Waals surface area contributed by atoms with Crippen LogP contribution in [0.2, 0.25) is 0 Å². The van der Waals surface area contributed by atoms with Gasteiger partial charge < -0.3 is 10.2 Å². The Morgan fingerprint density at radius 3 is 2.71 bits per heavy atom. The molecule has 2 rings (SSSR count). The van der Waals surface area contributed by atoms with E-state index in [0.717, 1.165) is 6.42 Å². The minimum atomic E-state index is -0.488. The van der Waals surface area contributed by atoms with Gasteiger partial charge in [-0.15, -0.1) is 0 Å². The third-order valence-corrected chi connectivity index (χ3v) is 3.49. The highest BCUT2D eigenvalue weighted by atomic mass is 16.2. The molecule has 0 aromatic carbocycles. The zero-order chi connectivity index (χ0) is 15.4. The summed E-state index contributed by atoms with van der Waals surface area (Å²) in [5.74, 6) is 0.191. The van der Waals surface area contributed by atoms with Crippen LogP contribution < -0.4 is 5.32 Å². The number of nitriles is 1. The minimum absolute atomic E-state index is 0.0189. The summed E-state index contributed by atoms with van der Waals surface area (Å²) >= 11 is 0. The summed E-state index contributed by atoms with van der Waals surface area (Å²) in [5, 5.41) is 11.4. The van der Waals surface area contributed by atoms with E-state index in [-0.39, 0.29) is 17.7 Å². The van der Waals surface area contributed by atoms with Gasteiger partial charge in [-0.3, -0.25) is 9.59 Å². The molecule has 1 atom stereocenters. The number of anilines is 1. The molecular formula is C15H18N4O2. The number of hydrogen-bond acceptors (Lipinski definition) is 4. The first kappa shape index (κ1) is 15.0. The van der Waals surface area contributed by atoms with Crippen molar-refractivity contribution in [1.29, 1.82) is 5.26 Å². The summed E-state index contributed by atoms with van der Waals surface area (Å²) in [6, 6.07) is 4.66. The van der Waals surface area contributed by atoms with Crippen molar-refractivity contribution in [1.82, 2.24) is 9.88 Å². The molecule has 1 aromatic rings. The largest absolute Gasteiger partial charge is 0.330 e. The quantitative estimate of drug-likeness (QED) is 0.909. The summed E-state index contributed by atoms with van der Waals surface area (Å²) in [5.41, 5.74) is 0.433. The minimum Gasteiger partial charge on any atom is -0.330 e. The lowest BCUT2D eigenvalue weighted by Gasteiger charge is -2.29. The van der Waals surface area contributed by atoms with Gasteiger partial charge in [0.15, 0.2) is 0 Å². The van der Waals surface area contributed by atoms with E-state index in [0.29, 0.717) is 24.3 Å². The summed E-state index contributed by atoms with van der Waals surface area (Å²) in [6.45, 7) is 4.46. The molecule has 21 heavy (non-hydrogen) atoms. The van der Waals surface area contributed by atoms with Crippen LogP contribution in [-0.4, -0.2) is 34.3 Å². The Kier molecular flexibility index (Phi) is 4.53. The van der Waals surface area contributed by atoms with Crippen LogP contribution in [0.3, 0.4) is 0 Å². The second-order valence-corrected chi connectivity index (χ2v) is 5.41. The van der Waals surface area contributed by atoms with Crippen LogP contribution in [0.5, 0.6) is 0 Å². The number of rotatable bonds is 4. The van der Waals surface area contributed by atoms with Gasteiger partial charge in [-0.1, -0.05) is 13.8 Å². The van der Waals surface area contributed by atoms with Crippen LogP contribution in [-0.2, 0) is 9.59 Å². The van der Waals surface area contributed by atoms with Gasteiger partial charge in [-0.2, -0.15) is 5.26 Å². The number of aromatic nitrogens is 1. The van der Waals surface area contributed by atoms with E-state index in [9.17, 15) is 9.59 Å². The molecule has 0 saturated carbocycles. The summed E-state index contributed by atoms with van der Waals surface area (Å²) in [4.78, 5) is 29.9. The fraction of sp³-hybridized carbons (Fsp3) is 0.467. The molecule has 6 nitrogen and oxygen atoms in total. The predicted octanol–water partition coefficient (Wildman–Crippen LogP) is 1.54. The average Bonchev–Trinajstić information content (AvgIpc) is 2.85. The summed E-state index contributed by atoms with van der Waals surface area (Å²) in [7, 11) is 0. The zero-order valence-corrected chi connectivity index (χ0v) is 12.2. The highest BCUT2D eigenvalue weighted by Crippen LogP contribution is 2.20. The Balaban J connectivity index is 2.11. The van der Waals surface area contributed by atoms with E-state index in [1.165, 1.54) is 6.20 Å². The number of pyridine rings is 1. The van der Waals surface area contributed by atoms with Gasteiger partial charge in [-0.25, -0.2) is 4.98 Å². The average molecular weight is 286 g/mol. The lowest BCUT2D eigenvalue weighted by molar-refractivity contribution is -0.136. The molecule has 110 valence electrons. The molecule has 1 N–H and O–H groups in total. The van der Waals surface area contributed by atoms with Gasteiger partial charge >= 0.3 is 0 Å². The highest BCUT2D eigenvalue weighted by molar-refractivity contribution is 5.97. The van der Waals surface area contributed by atoms with Crippen molar-refractivity contribution in [3.05, 3.63) is 23.9 Å². The molecule has 1 aliphatic heterocycles. The van der Waals surface area contributed by atoms with Crippen molar-refractivity contribution in [2.75, 3.05) is 11.9 Å². The molecule has 0 bridgehead atoms. The molecule has 2 heterocycles. The Morgan fingerprint density at radius 2 is 2.24 bits per heavy atom. The molecule has 0 unspecified atom stereocenters. The van der Waals surface area contributed by atoms with E-state index in [2.05, 4.69) is 10.3 Å². The molecule has 1 saturated heterocycles. The van der Waals surface area contributed by atoms with Crippen molar-refractivity contribution in [3.63, 3.8) is 0 Å². The van der Waals surface area contributed by atoms with Gasteiger partial charge in [0.2, 0.25) is 11.8 Å². The number of nitrogens with one attached hydrogen (secondary N) is 1. The first-order valence-corrected chi connectivity index (χ1v) is 6.99. The third kappa shape index (κ3) is 3.37. The zero-order valence-electron chi connectivity index (χ0n) is 12.2. The molecule has 0 radical (unpaired) electrons. The second kappa shape index (κ2) is 6.35. The Morgan fingerprint density at radius 1 is 1.48 bits per heavy atom. The van der Waals surface area contributed by atoms with Crippen LogP contribution in [0.4, 0.5) is 5.82 Å². The Hall–Kier alpha value is -2.42. The standard InChI is InChI=1S/C15H18N4O2/c1-10(2)14(19-7-3-4-13(19)20)15(21)18-12-6-5-11(8-16)9-17-12/h5-6,9-10,14H,3-4,7H2,1-2H3,(H,17,18,21)/t14-/m0/s1. The molecule has 1 aromatic heterocycles. The number of amides is 2. The van der Waals surface area contributed by atoms with Crippen molar-refractivity contribution in [2.24, 2.45) is 5.92 Å². The van der Waals surface area contributed by atoms with Crippen molar-refractivity contribution < 1.29 is 9.59 Å². The topological polar surface area (TPSA) is 86.1 Å². The first-order valence-electron chi connectivity index (χ1n) is 6.99. The van der Waals surface area contributed by atoms with Crippen LogP contribution in [0.1, 0.15) is 32.3 Å². The van der Waals surface area contributed by atoms with Crippen molar-refractivity contribution >= 4 is 17.6 Å². The fourth-order valence-corrected chi connectivity index (χ4v) is 2.50. The van der Waals surface area contributed by atoms with Crippen LogP contribution in [0.15, 0.2) is 18.3 Å². The number of nitrogens with zero attached hydrogens (tertiary/aromatic N) is 3. The van der Waals surface area contributed by atoms with Gasteiger partial charge in [-0.05, 0) is 24.5 Å². The highest BCUT2D eigenvalue weighted by Gasteiger charge is 2.34. The van der Waals surface area contributed by atoms with Crippen LogP contribution >= 0.6 is 0 Å². The van der Waals surface area contributed by atoms with Crippen LogP contribution in [0.25, 0.3) is 0 Å². The van der Waals surface area contributed by atoms with E-state index in [4.69, 9.17) is 5.26 Å². The Bertz CT molecular complexity index is 574. The Labute approximate surface area is 123 Å². The molecule has 0 spiro atoms. The molecule has 6 heteroatoms.